The molecule has 3 aliphatic rings. The number of tetrazole rings is 1. The highest BCUT2D eigenvalue weighted by Crippen LogP contribution is 2.47. The molecule has 0 unspecified atom stereocenters. The van der Waals surface area contributed by atoms with Crippen LogP contribution in [0.4, 0.5) is 5.69 Å². The van der Waals surface area contributed by atoms with Crippen LogP contribution < -0.4 is 5.32 Å². The minimum Gasteiger partial charge on any atom is -0.324 e. The molecule has 2 saturated heterocycles. The lowest BCUT2D eigenvalue weighted by atomic mass is 10.1. The van der Waals surface area contributed by atoms with Crippen LogP contribution in [0.25, 0.3) is 11.4 Å². The molecular weight excluding hydrogens is 364 g/mol. The molecule has 5 rings (SSSR count). The smallest absolute Gasteiger partial charge is 0.248 e. The van der Waals surface area contributed by atoms with Gasteiger partial charge in [0.05, 0.1) is 10.9 Å². The van der Waals surface area contributed by atoms with Crippen molar-refractivity contribution in [2.75, 3.05) is 11.1 Å². The van der Waals surface area contributed by atoms with Gasteiger partial charge in [-0.3, -0.25) is 9.59 Å². The van der Waals surface area contributed by atoms with E-state index in [2.05, 4.69) is 27.8 Å². The zero-order valence-corrected chi connectivity index (χ0v) is 15.8. The molecule has 0 bridgehead atoms. The number of nitrogens with zero attached hydrogens (tertiary/aromatic N) is 5. The number of carbonyl (C=O) groups excluding carboxylic acids is 2. The Balaban J connectivity index is 1.31. The van der Waals surface area contributed by atoms with Crippen LogP contribution in [0.1, 0.15) is 38.6 Å². The average molecular weight is 384 g/mol. The van der Waals surface area contributed by atoms with Crippen molar-refractivity contribution in [1.82, 2.24) is 25.1 Å². The van der Waals surface area contributed by atoms with E-state index in [1.807, 2.05) is 28.9 Å². The predicted molar refractivity (Wildman–Crippen MR) is 101 cm³/mol. The van der Waals surface area contributed by atoms with E-state index in [0.717, 1.165) is 30.7 Å². The lowest BCUT2D eigenvalue weighted by molar-refractivity contribution is -0.135. The fourth-order valence-electron chi connectivity index (χ4n) is 3.89. The van der Waals surface area contributed by atoms with Gasteiger partial charge in [-0.1, -0.05) is 0 Å². The summed E-state index contributed by atoms with van der Waals surface area (Å²) in [5.74, 6) is 1.34. The first kappa shape index (κ1) is 16.7. The van der Waals surface area contributed by atoms with Gasteiger partial charge in [0.2, 0.25) is 11.8 Å². The van der Waals surface area contributed by atoms with Gasteiger partial charge in [0, 0.05) is 23.4 Å². The number of hydrogen-bond acceptors (Lipinski definition) is 6. The molecule has 8 nitrogen and oxygen atoms in total. The van der Waals surface area contributed by atoms with Crippen LogP contribution in [0.15, 0.2) is 24.3 Å². The lowest BCUT2D eigenvalue weighted by Crippen LogP contribution is -2.48. The van der Waals surface area contributed by atoms with Crippen LogP contribution in [0.5, 0.6) is 0 Å². The maximum Gasteiger partial charge on any atom is 0.248 e. The minimum atomic E-state index is -0.406. The van der Waals surface area contributed by atoms with Crippen molar-refractivity contribution < 1.29 is 9.59 Å². The summed E-state index contributed by atoms with van der Waals surface area (Å²) in [7, 11) is 0. The maximum atomic E-state index is 12.8. The van der Waals surface area contributed by atoms with Crippen LogP contribution in [-0.4, -0.2) is 53.6 Å². The van der Waals surface area contributed by atoms with Crippen LogP contribution in [0.2, 0.25) is 0 Å². The van der Waals surface area contributed by atoms with E-state index in [9.17, 15) is 9.59 Å². The summed E-state index contributed by atoms with van der Waals surface area (Å²) in [5.41, 5.74) is 1.63. The van der Waals surface area contributed by atoms with E-state index in [4.69, 9.17) is 0 Å². The molecule has 0 radical (unpaired) electrons. The predicted octanol–water partition coefficient (Wildman–Crippen LogP) is 2.07. The highest BCUT2D eigenvalue weighted by atomic mass is 32.2. The van der Waals surface area contributed by atoms with Gasteiger partial charge < -0.3 is 10.2 Å². The number of thioether (sulfide) groups is 1. The zero-order chi connectivity index (χ0) is 18.6. The summed E-state index contributed by atoms with van der Waals surface area (Å²) in [4.78, 5) is 26.5. The SMILES string of the molecule is C[C@@]12CCC(=O)N1[C@H](C(=O)Nc1ccc(-c3nnnn3C3CC3)cc1)CS2. The van der Waals surface area contributed by atoms with E-state index in [0.29, 0.717) is 23.9 Å². The molecule has 3 heterocycles. The Morgan fingerprint density at radius 2 is 2.07 bits per heavy atom. The molecule has 1 N–H and O–H groups in total. The van der Waals surface area contributed by atoms with Gasteiger partial charge >= 0.3 is 0 Å². The fraction of sp³-hybridized carbons (Fsp3) is 0.500. The van der Waals surface area contributed by atoms with Gasteiger partial charge in [-0.05, 0) is 60.9 Å². The van der Waals surface area contributed by atoms with Crippen molar-refractivity contribution >= 4 is 29.3 Å². The molecule has 2 atom stereocenters. The molecule has 1 aliphatic carbocycles. The molecule has 3 fully saturated rings. The van der Waals surface area contributed by atoms with E-state index >= 15 is 0 Å². The average Bonchev–Trinajstić information content (AvgIpc) is 3.16. The number of carbonyl (C=O) groups is 2. The van der Waals surface area contributed by atoms with Crippen molar-refractivity contribution in [2.24, 2.45) is 0 Å². The largest absolute Gasteiger partial charge is 0.324 e. The Morgan fingerprint density at radius 3 is 2.81 bits per heavy atom. The number of fused-ring (bicyclic) bond motifs is 1. The van der Waals surface area contributed by atoms with E-state index in [-0.39, 0.29) is 16.7 Å². The minimum absolute atomic E-state index is 0.0740. The standard InChI is InChI=1S/C18H20N6O2S/c1-18-9-8-15(25)23(18)14(10-27-18)17(26)19-12-4-2-11(3-5-12)16-20-21-22-24(16)13-6-7-13/h2-5,13-14H,6-10H2,1H3,(H,19,26)/t14-,18+/m0/s1. The Hall–Kier alpha value is -2.42. The molecule has 9 heteroatoms. The molecule has 0 spiro atoms. The first-order valence-corrected chi connectivity index (χ1v) is 10.2. The van der Waals surface area contributed by atoms with Crippen molar-refractivity contribution in [1.29, 1.82) is 0 Å². The first-order chi connectivity index (χ1) is 13.0. The zero-order valence-electron chi connectivity index (χ0n) is 15.0. The highest BCUT2D eigenvalue weighted by molar-refractivity contribution is 8.01. The van der Waals surface area contributed by atoms with Crippen LogP contribution in [0, 0.1) is 0 Å². The van der Waals surface area contributed by atoms with Crippen molar-refractivity contribution in [2.45, 2.75) is 49.6 Å². The second kappa shape index (κ2) is 6.05. The highest BCUT2D eigenvalue weighted by Gasteiger charge is 2.52. The quantitative estimate of drug-likeness (QED) is 0.867. The summed E-state index contributed by atoms with van der Waals surface area (Å²) in [6.45, 7) is 2.05. The topological polar surface area (TPSA) is 93.0 Å². The summed E-state index contributed by atoms with van der Waals surface area (Å²) in [6, 6.07) is 7.53. The monoisotopic (exact) mass is 384 g/mol. The van der Waals surface area contributed by atoms with Gasteiger partial charge in [-0.15, -0.1) is 16.9 Å². The molecule has 2 aliphatic heterocycles. The third-order valence-electron chi connectivity index (χ3n) is 5.54. The van der Waals surface area contributed by atoms with Crippen LogP contribution in [0.3, 0.4) is 0 Å². The summed E-state index contributed by atoms with van der Waals surface area (Å²) in [6.07, 6.45) is 3.56. The number of anilines is 1. The number of benzene rings is 1. The van der Waals surface area contributed by atoms with E-state index in [1.165, 1.54) is 0 Å². The van der Waals surface area contributed by atoms with Crippen LogP contribution >= 0.6 is 11.8 Å². The molecule has 1 saturated carbocycles. The Labute approximate surface area is 160 Å². The summed E-state index contributed by atoms with van der Waals surface area (Å²) in [5, 5.41) is 14.9. The number of aromatic nitrogens is 4. The van der Waals surface area contributed by atoms with E-state index in [1.54, 1.807) is 16.7 Å². The summed E-state index contributed by atoms with van der Waals surface area (Å²) >= 11 is 1.70. The normalized spacial score (nSPS) is 27.1. The maximum absolute atomic E-state index is 12.8. The molecule has 2 amide bonds. The van der Waals surface area contributed by atoms with Gasteiger partial charge in [-0.2, -0.15) is 0 Å². The van der Waals surface area contributed by atoms with Crippen LogP contribution in [-0.2, 0) is 9.59 Å². The Bertz CT molecular complexity index is 909. The molecular formula is C18H20N6O2S. The Kier molecular flexibility index (Phi) is 3.75. The van der Waals surface area contributed by atoms with Crippen molar-refractivity contribution in [3.05, 3.63) is 24.3 Å². The second-order valence-corrected chi connectivity index (χ2v) is 9.01. The Morgan fingerprint density at radius 1 is 1.30 bits per heavy atom. The lowest BCUT2D eigenvalue weighted by Gasteiger charge is -2.29. The van der Waals surface area contributed by atoms with E-state index < -0.39 is 6.04 Å². The van der Waals surface area contributed by atoms with Gasteiger partial charge in [0.25, 0.3) is 0 Å². The fourth-order valence-corrected chi connectivity index (χ4v) is 5.32. The molecule has 27 heavy (non-hydrogen) atoms. The second-order valence-electron chi connectivity index (χ2n) is 7.51. The first-order valence-electron chi connectivity index (χ1n) is 9.20. The molecule has 2 aromatic rings. The molecule has 1 aromatic heterocycles. The van der Waals surface area contributed by atoms with Gasteiger partial charge in [0.15, 0.2) is 5.82 Å². The van der Waals surface area contributed by atoms with Crippen molar-refractivity contribution in [3.8, 4) is 11.4 Å². The third-order valence-corrected chi connectivity index (χ3v) is 7.05. The number of nitrogens with one attached hydrogen (secondary N) is 1. The van der Waals surface area contributed by atoms with Gasteiger partial charge in [0.1, 0.15) is 6.04 Å². The molecule has 1 aromatic carbocycles. The number of rotatable bonds is 4. The third kappa shape index (κ3) is 2.80. The number of hydrogen-bond donors (Lipinski definition) is 1. The molecule has 140 valence electrons. The van der Waals surface area contributed by atoms with Crippen molar-refractivity contribution in [3.63, 3.8) is 0 Å². The number of amides is 2. The van der Waals surface area contributed by atoms with Gasteiger partial charge in [-0.25, -0.2) is 4.68 Å². The summed E-state index contributed by atoms with van der Waals surface area (Å²) < 4.78 is 1.86.